The summed E-state index contributed by atoms with van der Waals surface area (Å²) in [5.41, 5.74) is 0.744. The average molecular weight is 358 g/mol. The quantitative estimate of drug-likeness (QED) is 0.687. The maximum absolute atomic E-state index is 6.90. The lowest BCUT2D eigenvalue weighted by Crippen LogP contribution is -2.27. The molecule has 0 aliphatic rings. The summed E-state index contributed by atoms with van der Waals surface area (Å²) in [7, 11) is 0. The van der Waals surface area contributed by atoms with Gasteiger partial charge in [-0.15, -0.1) is 11.6 Å². The van der Waals surface area contributed by atoms with Crippen molar-refractivity contribution in [1.82, 2.24) is 30.4 Å². The van der Waals surface area contributed by atoms with Gasteiger partial charge in [-0.25, -0.2) is 9.97 Å². The largest absolute Gasteiger partial charge is 0.263 e. The van der Waals surface area contributed by atoms with Gasteiger partial charge < -0.3 is 0 Å². The summed E-state index contributed by atoms with van der Waals surface area (Å²) in [5, 5.41) is 14.4. The lowest BCUT2D eigenvalue weighted by molar-refractivity contribution is 0.566. The number of rotatable bonds is 5. The van der Waals surface area contributed by atoms with E-state index in [-0.39, 0.29) is 0 Å². The van der Waals surface area contributed by atoms with Crippen LogP contribution < -0.4 is 0 Å². The molecule has 0 radical (unpaired) electrons. The molecule has 0 saturated heterocycles. The van der Waals surface area contributed by atoms with Crippen LogP contribution in [-0.4, -0.2) is 30.4 Å². The van der Waals surface area contributed by atoms with Crippen molar-refractivity contribution in [3.05, 3.63) is 58.1 Å². The van der Waals surface area contributed by atoms with Crippen LogP contribution in [0.4, 0.5) is 0 Å². The van der Waals surface area contributed by atoms with Gasteiger partial charge in [-0.3, -0.25) is 10.2 Å². The summed E-state index contributed by atoms with van der Waals surface area (Å²) in [6.45, 7) is 0. The van der Waals surface area contributed by atoms with Crippen LogP contribution in [0.15, 0.2) is 30.9 Å². The Morgan fingerprint density at radius 3 is 2.00 bits per heavy atom. The van der Waals surface area contributed by atoms with Crippen molar-refractivity contribution < 1.29 is 0 Å². The highest BCUT2D eigenvalue weighted by atomic mass is 35.5. The zero-order valence-electron chi connectivity index (χ0n) is 11.2. The lowest BCUT2D eigenvalue weighted by Gasteiger charge is -2.27. The van der Waals surface area contributed by atoms with Crippen molar-refractivity contribution >= 4 is 34.8 Å². The third-order valence-electron chi connectivity index (χ3n) is 3.24. The Morgan fingerprint density at radius 1 is 0.955 bits per heavy atom. The Labute approximate surface area is 141 Å². The molecule has 0 unspecified atom stereocenters. The number of halogens is 3. The topological polar surface area (TPSA) is 83.1 Å². The molecule has 0 spiro atoms. The molecule has 2 heterocycles. The van der Waals surface area contributed by atoms with E-state index >= 15 is 0 Å². The van der Waals surface area contributed by atoms with Gasteiger partial charge in [0.1, 0.15) is 24.3 Å². The number of hydrogen-bond acceptors (Lipinski definition) is 4. The minimum absolute atomic E-state index is 0.399. The van der Waals surface area contributed by atoms with Crippen molar-refractivity contribution in [3.8, 4) is 0 Å². The number of aromatic nitrogens is 6. The van der Waals surface area contributed by atoms with Crippen LogP contribution in [0.3, 0.4) is 0 Å². The molecule has 0 amide bonds. The van der Waals surface area contributed by atoms with E-state index in [0.717, 1.165) is 5.56 Å². The molecule has 22 heavy (non-hydrogen) atoms. The molecule has 0 fully saturated rings. The molecule has 2 aromatic heterocycles. The van der Waals surface area contributed by atoms with Gasteiger partial charge in [0.15, 0.2) is 0 Å². The Balaban J connectivity index is 2.01. The fourth-order valence-electron chi connectivity index (χ4n) is 2.27. The zero-order chi connectivity index (χ0) is 15.6. The van der Waals surface area contributed by atoms with Crippen molar-refractivity contribution in [2.45, 2.75) is 17.7 Å². The van der Waals surface area contributed by atoms with E-state index in [0.29, 0.717) is 34.5 Å². The summed E-state index contributed by atoms with van der Waals surface area (Å²) in [5.74, 6) is 1.31. The van der Waals surface area contributed by atoms with Gasteiger partial charge in [0.05, 0.1) is 4.87 Å². The number of alkyl halides is 1. The number of nitrogens with one attached hydrogen (secondary N) is 2. The third kappa shape index (κ3) is 3.24. The number of hydrogen-bond donors (Lipinski definition) is 2. The van der Waals surface area contributed by atoms with Crippen LogP contribution in [0.2, 0.25) is 10.0 Å². The van der Waals surface area contributed by atoms with Crippen molar-refractivity contribution in [1.29, 1.82) is 0 Å². The van der Waals surface area contributed by atoms with Gasteiger partial charge in [-0.05, 0) is 17.7 Å². The molecule has 3 rings (SSSR count). The standard InChI is InChI=1S/C13H11Cl3N6/c14-8-1-2-9(10(15)3-8)13(16,4-11-17-6-19-21-11)5-12-18-7-20-22-12/h1-3,6-7H,4-5H2,(H,17,19,21)(H,18,20,22). The normalized spacial score (nSPS) is 11.8. The van der Waals surface area contributed by atoms with E-state index in [1.807, 2.05) is 6.07 Å². The molecule has 2 N–H and O–H groups in total. The summed E-state index contributed by atoms with van der Waals surface area (Å²) < 4.78 is 0. The second-order valence-corrected chi connectivity index (χ2v) is 6.37. The van der Waals surface area contributed by atoms with Gasteiger partial charge in [0.25, 0.3) is 0 Å². The van der Waals surface area contributed by atoms with Crippen LogP contribution in [0.5, 0.6) is 0 Å². The number of nitrogens with zero attached hydrogens (tertiary/aromatic N) is 4. The van der Waals surface area contributed by atoms with Crippen molar-refractivity contribution in [2.75, 3.05) is 0 Å². The molecule has 0 aliphatic carbocycles. The molecule has 0 saturated carbocycles. The minimum Gasteiger partial charge on any atom is -0.263 e. The Morgan fingerprint density at radius 2 is 1.55 bits per heavy atom. The molecule has 0 aliphatic heterocycles. The van der Waals surface area contributed by atoms with Gasteiger partial charge in [-0.1, -0.05) is 29.3 Å². The number of H-pyrrole nitrogens is 2. The third-order valence-corrected chi connectivity index (χ3v) is 4.26. The molecule has 114 valence electrons. The minimum atomic E-state index is -0.860. The molecule has 0 atom stereocenters. The number of benzene rings is 1. The maximum atomic E-state index is 6.90. The Kier molecular flexibility index (Phi) is 4.33. The lowest BCUT2D eigenvalue weighted by atomic mass is 9.90. The first-order valence-corrected chi connectivity index (χ1v) is 7.53. The van der Waals surface area contributed by atoms with Gasteiger partial charge in [-0.2, -0.15) is 10.2 Å². The fourth-order valence-corrected chi connectivity index (χ4v) is 3.32. The Hall–Kier alpha value is -1.63. The van der Waals surface area contributed by atoms with E-state index in [1.165, 1.54) is 12.7 Å². The molecular weight excluding hydrogens is 347 g/mol. The molecule has 6 nitrogen and oxygen atoms in total. The molecule has 1 aromatic carbocycles. The Bertz CT molecular complexity index is 705. The monoisotopic (exact) mass is 356 g/mol. The fraction of sp³-hybridized carbons (Fsp3) is 0.231. The maximum Gasteiger partial charge on any atom is 0.137 e. The highest BCUT2D eigenvalue weighted by molar-refractivity contribution is 6.36. The second-order valence-electron chi connectivity index (χ2n) is 4.81. The van der Waals surface area contributed by atoms with Crippen LogP contribution >= 0.6 is 34.8 Å². The van der Waals surface area contributed by atoms with Crippen LogP contribution in [-0.2, 0) is 17.7 Å². The first-order chi connectivity index (χ1) is 10.6. The zero-order valence-corrected chi connectivity index (χ0v) is 13.5. The van der Waals surface area contributed by atoms with E-state index < -0.39 is 4.87 Å². The van der Waals surface area contributed by atoms with Crippen LogP contribution in [0, 0.1) is 0 Å². The van der Waals surface area contributed by atoms with Crippen LogP contribution in [0.25, 0.3) is 0 Å². The highest BCUT2D eigenvalue weighted by Gasteiger charge is 2.34. The van der Waals surface area contributed by atoms with Crippen molar-refractivity contribution in [3.63, 3.8) is 0 Å². The van der Waals surface area contributed by atoms with Gasteiger partial charge in [0, 0.05) is 22.9 Å². The predicted molar refractivity (Wildman–Crippen MR) is 84.2 cm³/mol. The van der Waals surface area contributed by atoms with E-state index in [1.54, 1.807) is 12.1 Å². The number of aromatic amines is 2. The van der Waals surface area contributed by atoms with Gasteiger partial charge in [0.2, 0.25) is 0 Å². The first kappa shape index (κ1) is 15.3. The van der Waals surface area contributed by atoms with E-state index in [4.69, 9.17) is 34.8 Å². The molecule has 3 aromatic rings. The first-order valence-electron chi connectivity index (χ1n) is 6.40. The van der Waals surface area contributed by atoms with Gasteiger partial charge >= 0.3 is 0 Å². The second kappa shape index (κ2) is 6.24. The smallest absolute Gasteiger partial charge is 0.137 e. The van der Waals surface area contributed by atoms with Crippen LogP contribution in [0.1, 0.15) is 17.2 Å². The summed E-state index contributed by atoms with van der Waals surface area (Å²) in [6.07, 6.45) is 3.67. The van der Waals surface area contributed by atoms with Crippen molar-refractivity contribution in [2.24, 2.45) is 0 Å². The SMILES string of the molecule is Clc1ccc(C(Cl)(Cc2ncn[nH]2)Cc2ncn[nH]2)c(Cl)c1. The predicted octanol–water partition coefficient (Wildman–Crippen LogP) is 3.15. The summed E-state index contributed by atoms with van der Waals surface area (Å²) in [4.78, 5) is 7.41. The summed E-state index contributed by atoms with van der Waals surface area (Å²) >= 11 is 19.2. The molecular formula is C13H11Cl3N6. The average Bonchev–Trinajstić information content (AvgIpc) is 3.12. The summed E-state index contributed by atoms with van der Waals surface area (Å²) in [6, 6.07) is 5.22. The van der Waals surface area contributed by atoms with E-state index in [2.05, 4.69) is 30.4 Å². The van der Waals surface area contributed by atoms with E-state index in [9.17, 15) is 0 Å². The molecule has 0 bridgehead atoms. The molecule has 9 heteroatoms. The highest BCUT2D eigenvalue weighted by Crippen LogP contribution is 2.40.